The van der Waals surface area contributed by atoms with Gasteiger partial charge in [0.2, 0.25) is 0 Å². The van der Waals surface area contributed by atoms with E-state index < -0.39 is 0 Å². The van der Waals surface area contributed by atoms with Gasteiger partial charge in [-0.2, -0.15) is 0 Å². The smallest absolute Gasteiger partial charge is 0.136 e. The zero-order valence-corrected chi connectivity index (χ0v) is 8.50. The average molecular weight is 204 g/mol. The van der Waals surface area contributed by atoms with Crippen molar-refractivity contribution in [2.45, 2.75) is 25.7 Å². The summed E-state index contributed by atoms with van der Waals surface area (Å²) in [5.41, 5.74) is 2.40. The molecule has 0 spiro atoms. The maximum Gasteiger partial charge on any atom is 0.136 e. The molecule has 0 aliphatic heterocycles. The van der Waals surface area contributed by atoms with Crippen LogP contribution >= 0.6 is 0 Å². The zero-order chi connectivity index (χ0) is 10.7. The molecule has 2 rings (SSSR count). The Kier molecular flexibility index (Phi) is 2.95. The Morgan fingerprint density at radius 1 is 1.13 bits per heavy atom. The van der Waals surface area contributed by atoms with E-state index in [-0.39, 0.29) is 5.82 Å². The lowest BCUT2D eigenvalue weighted by Crippen LogP contribution is -2.05. The Bertz CT molecular complexity index is 390. The average Bonchev–Trinajstić information content (AvgIpc) is 2.25. The molecule has 1 aliphatic rings. The van der Waals surface area contributed by atoms with E-state index in [0.717, 1.165) is 18.4 Å². The van der Waals surface area contributed by atoms with Gasteiger partial charge in [-0.1, -0.05) is 23.8 Å². The van der Waals surface area contributed by atoms with E-state index in [9.17, 15) is 9.18 Å². The zero-order valence-electron chi connectivity index (χ0n) is 8.50. The molecule has 0 radical (unpaired) electrons. The van der Waals surface area contributed by atoms with Crippen molar-refractivity contribution in [3.8, 4) is 0 Å². The molecule has 0 N–H and O–H groups in total. The lowest BCUT2D eigenvalue weighted by Gasteiger charge is -2.11. The van der Waals surface area contributed by atoms with Gasteiger partial charge in [0.1, 0.15) is 11.6 Å². The van der Waals surface area contributed by atoms with Crippen molar-refractivity contribution >= 4 is 5.78 Å². The summed E-state index contributed by atoms with van der Waals surface area (Å²) < 4.78 is 12.7. The second-order valence-electron chi connectivity index (χ2n) is 3.91. The van der Waals surface area contributed by atoms with Crippen LogP contribution in [-0.4, -0.2) is 5.78 Å². The second kappa shape index (κ2) is 4.39. The van der Waals surface area contributed by atoms with Gasteiger partial charge in [-0.15, -0.1) is 0 Å². The lowest BCUT2D eigenvalue weighted by molar-refractivity contribution is -0.118. The lowest BCUT2D eigenvalue weighted by atomic mass is 9.93. The summed E-state index contributed by atoms with van der Waals surface area (Å²) in [6, 6.07) is 6.55. The van der Waals surface area contributed by atoms with Crippen LogP contribution in [0.15, 0.2) is 35.9 Å². The van der Waals surface area contributed by atoms with Gasteiger partial charge >= 0.3 is 0 Å². The van der Waals surface area contributed by atoms with Gasteiger partial charge in [0, 0.05) is 12.8 Å². The summed E-state index contributed by atoms with van der Waals surface area (Å²) in [7, 11) is 0. The summed E-state index contributed by atoms with van der Waals surface area (Å²) in [6.07, 6.45) is 4.93. The Labute approximate surface area is 88.6 Å². The van der Waals surface area contributed by atoms with Gasteiger partial charge < -0.3 is 0 Å². The first kappa shape index (κ1) is 10.1. The third-order valence-electron chi connectivity index (χ3n) is 2.69. The van der Waals surface area contributed by atoms with Crippen LogP contribution < -0.4 is 0 Å². The second-order valence-corrected chi connectivity index (χ2v) is 3.91. The van der Waals surface area contributed by atoms with Crippen molar-refractivity contribution in [1.29, 1.82) is 0 Å². The number of benzene rings is 1. The summed E-state index contributed by atoms with van der Waals surface area (Å²) in [6.45, 7) is 0. The highest BCUT2D eigenvalue weighted by molar-refractivity contribution is 5.81. The highest BCUT2D eigenvalue weighted by Crippen LogP contribution is 2.19. The molecule has 0 unspecified atom stereocenters. The third kappa shape index (κ3) is 2.75. The van der Waals surface area contributed by atoms with Crippen molar-refractivity contribution in [1.82, 2.24) is 0 Å². The van der Waals surface area contributed by atoms with Crippen molar-refractivity contribution < 1.29 is 9.18 Å². The van der Waals surface area contributed by atoms with Crippen LogP contribution in [0.3, 0.4) is 0 Å². The molecule has 0 heterocycles. The molecular formula is C13H13FO. The molecule has 1 aromatic carbocycles. The fraction of sp³-hybridized carbons (Fsp3) is 0.308. The molecule has 0 fully saturated rings. The van der Waals surface area contributed by atoms with Crippen LogP contribution in [0.2, 0.25) is 0 Å². The minimum absolute atomic E-state index is 0.202. The monoisotopic (exact) mass is 204 g/mol. The van der Waals surface area contributed by atoms with Gasteiger partial charge in [0.25, 0.3) is 0 Å². The van der Waals surface area contributed by atoms with E-state index >= 15 is 0 Å². The van der Waals surface area contributed by atoms with Crippen molar-refractivity contribution in [3.63, 3.8) is 0 Å². The number of carbonyl (C=O) groups excluding carboxylic acids is 1. The Hall–Kier alpha value is -1.44. The number of Topliss-reactive ketones (excluding diaryl/α,β-unsaturated/α-hetero) is 1. The molecule has 1 aromatic rings. The first-order chi connectivity index (χ1) is 7.24. The standard InChI is InChI=1S/C13H13FO/c14-12-5-1-10(2-6-12)9-11-3-7-13(15)8-4-11/h1-3,5-6H,4,7-9H2. The predicted octanol–water partition coefficient (Wildman–Crippen LogP) is 3.05. The Balaban J connectivity index is 2.03. The highest BCUT2D eigenvalue weighted by atomic mass is 19.1. The summed E-state index contributed by atoms with van der Waals surface area (Å²) in [5.74, 6) is 0.115. The molecule has 0 saturated heterocycles. The van der Waals surface area contributed by atoms with E-state index in [1.54, 1.807) is 12.1 Å². The van der Waals surface area contributed by atoms with E-state index in [1.807, 2.05) is 6.08 Å². The largest absolute Gasteiger partial charge is 0.299 e. The van der Waals surface area contributed by atoms with Gasteiger partial charge in [-0.05, 0) is 30.5 Å². The van der Waals surface area contributed by atoms with Crippen LogP contribution in [0.5, 0.6) is 0 Å². The topological polar surface area (TPSA) is 17.1 Å². The van der Waals surface area contributed by atoms with Gasteiger partial charge in [-0.3, -0.25) is 4.79 Å². The quantitative estimate of drug-likeness (QED) is 0.677. The van der Waals surface area contributed by atoms with Gasteiger partial charge in [0.05, 0.1) is 0 Å². The van der Waals surface area contributed by atoms with Gasteiger partial charge in [0.15, 0.2) is 0 Å². The number of ketones is 1. The SMILES string of the molecule is O=C1CC=C(Cc2ccc(F)cc2)CC1. The minimum Gasteiger partial charge on any atom is -0.299 e. The highest BCUT2D eigenvalue weighted by Gasteiger charge is 2.10. The van der Waals surface area contributed by atoms with Crippen LogP contribution in [0.1, 0.15) is 24.8 Å². The molecule has 0 aromatic heterocycles. The van der Waals surface area contributed by atoms with E-state index in [0.29, 0.717) is 18.6 Å². The maximum atomic E-state index is 12.7. The van der Waals surface area contributed by atoms with E-state index in [2.05, 4.69) is 0 Å². The van der Waals surface area contributed by atoms with Crippen molar-refractivity contribution in [2.75, 3.05) is 0 Å². The third-order valence-corrected chi connectivity index (χ3v) is 2.69. The number of hydrogen-bond donors (Lipinski definition) is 0. The molecule has 1 nitrogen and oxygen atoms in total. The van der Waals surface area contributed by atoms with E-state index in [4.69, 9.17) is 0 Å². The minimum atomic E-state index is -0.202. The Morgan fingerprint density at radius 3 is 2.47 bits per heavy atom. The fourth-order valence-electron chi connectivity index (χ4n) is 1.79. The molecule has 0 bridgehead atoms. The normalized spacial score (nSPS) is 16.3. The predicted molar refractivity (Wildman–Crippen MR) is 57.0 cm³/mol. The van der Waals surface area contributed by atoms with E-state index in [1.165, 1.54) is 17.7 Å². The van der Waals surface area contributed by atoms with Crippen molar-refractivity contribution in [2.24, 2.45) is 0 Å². The van der Waals surface area contributed by atoms with Crippen LogP contribution in [0, 0.1) is 5.82 Å². The molecule has 0 amide bonds. The number of allylic oxidation sites excluding steroid dienone is 2. The molecule has 2 heteroatoms. The molecule has 0 saturated carbocycles. The molecule has 0 atom stereocenters. The van der Waals surface area contributed by atoms with Crippen molar-refractivity contribution in [3.05, 3.63) is 47.3 Å². The maximum absolute atomic E-state index is 12.7. The van der Waals surface area contributed by atoms with Gasteiger partial charge in [-0.25, -0.2) is 4.39 Å². The number of halogens is 1. The first-order valence-corrected chi connectivity index (χ1v) is 5.18. The molecule has 78 valence electrons. The molecule has 1 aliphatic carbocycles. The summed E-state index contributed by atoms with van der Waals surface area (Å²) >= 11 is 0. The molecular weight excluding hydrogens is 191 g/mol. The summed E-state index contributed by atoms with van der Waals surface area (Å²) in [4.78, 5) is 11.0. The first-order valence-electron chi connectivity index (χ1n) is 5.18. The Morgan fingerprint density at radius 2 is 1.87 bits per heavy atom. The van der Waals surface area contributed by atoms with Crippen LogP contribution in [0.25, 0.3) is 0 Å². The number of hydrogen-bond acceptors (Lipinski definition) is 1. The fourth-order valence-corrected chi connectivity index (χ4v) is 1.79. The van der Waals surface area contributed by atoms with Crippen LogP contribution in [0.4, 0.5) is 4.39 Å². The summed E-state index contributed by atoms with van der Waals surface area (Å²) in [5, 5.41) is 0. The van der Waals surface area contributed by atoms with Crippen LogP contribution in [-0.2, 0) is 11.2 Å². The molecule has 15 heavy (non-hydrogen) atoms. The number of rotatable bonds is 2. The number of carbonyl (C=O) groups is 1.